The summed E-state index contributed by atoms with van der Waals surface area (Å²) in [7, 11) is 4.06. The molecule has 0 bridgehead atoms. The second-order valence-electron chi connectivity index (χ2n) is 2.86. The van der Waals surface area contributed by atoms with E-state index in [4.69, 9.17) is 14.2 Å². The second kappa shape index (κ2) is 5.02. The Morgan fingerprint density at radius 2 is 1.47 bits per heavy atom. The van der Waals surface area contributed by atoms with Crippen molar-refractivity contribution in [1.29, 1.82) is 0 Å². The Bertz CT molecular complexity index is 308. The van der Waals surface area contributed by atoms with Crippen molar-refractivity contribution >= 4 is 5.78 Å². The summed E-state index contributed by atoms with van der Waals surface area (Å²) >= 11 is 0. The molecule has 0 aliphatic rings. The number of ether oxygens (including phenoxy) is 3. The first kappa shape index (κ1) is 11.8. The first-order chi connectivity index (χ1) is 7.20. The lowest BCUT2D eigenvalue weighted by Crippen LogP contribution is -2.44. The van der Waals surface area contributed by atoms with Crippen LogP contribution < -0.4 is 0 Å². The molecule has 1 aromatic carbocycles. The molecule has 0 saturated carbocycles. The van der Waals surface area contributed by atoms with E-state index in [1.165, 1.54) is 21.3 Å². The lowest BCUT2D eigenvalue weighted by Gasteiger charge is -2.26. The highest BCUT2D eigenvalue weighted by atomic mass is 16.9. The van der Waals surface area contributed by atoms with Crippen LogP contribution in [0.2, 0.25) is 0 Å². The van der Waals surface area contributed by atoms with Crippen molar-refractivity contribution in [2.24, 2.45) is 0 Å². The van der Waals surface area contributed by atoms with Gasteiger partial charge in [-0.05, 0) is 0 Å². The molecule has 1 aromatic rings. The highest BCUT2D eigenvalue weighted by molar-refractivity contribution is 6.00. The van der Waals surface area contributed by atoms with Gasteiger partial charge in [0, 0.05) is 26.9 Å². The normalized spacial score (nSPS) is 11.4. The standard InChI is InChI=1S/C11H14O4/c1-13-11(14-2,15-3)10(12)9-7-5-4-6-8-9/h4-8H,1-3H3. The molecule has 82 valence electrons. The molecular formula is C11H14O4. The van der Waals surface area contributed by atoms with E-state index in [0.29, 0.717) is 5.56 Å². The number of rotatable bonds is 5. The van der Waals surface area contributed by atoms with Crippen LogP contribution in [0.1, 0.15) is 10.4 Å². The quantitative estimate of drug-likeness (QED) is 0.545. The summed E-state index contributed by atoms with van der Waals surface area (Å²) in [5.74, 6) is -2.02. The van der Waals surface area contributed by atoms with Crippen LogP contribution in [-0.2, 0) is 14.2 Å². The Balaban J connectivity index is 3.01. The van der Waals surface area contributed by atoms with Gasteiger partial charge >= 0.3 is 5.97 Å². The van der Waals surface area contributed by atoms with Gasteiger partial charge in [-0.15, -0.1) is 0 Å². The minimum atomic E-state index is -1.65. The topological polar surface area (TPSA) is 44.8 Å². The van der Waals surface area contributed by atoms with Crippen molar-refractivity contribution in [1.82, 2.24) is 0 Å². The van der Waals surface area contributed by atoms with Gasteiger partial charge in [-0.3, -0.25) is 4.79 Å². The van der Waals surface area contributed by atoms with Crippen LogP contribution >= 0.6 is 0 Å². The molecule has 1 rings (SSSR count). The van der Waals surface area contributed by atoms with Gasteiger partial charge in [0.2, 0.25) is 0 Å². The molecule has 0 saturated heterocycles. The third-order valence-electron chi connectivity index (χ3n) is 2.12. The smallest absolute Gasteiger partial charge is 0.324 e. The maximum Gasteiger partial charge on any atom is 0.350 e. The van der Waals surface area contributed by atoms with Crippen LogP contribution in [0.4, 0.5) is 0 Å². The molecule has 0 aliphatic carbocycles. The van der Waals surface area contributed by atoms with E-state index in [1.54, 1.807) is 24.3 Å². The van der Waals surface area contributed by atoms with Crippen molar-refractivity contribution in [3.8, 4) is 0 Å². The number of hydrogen-bond acceptors (Lipinski definition) is 4. The number of hydrogen-bond donors (Lipinski definition) is 0. The van der Waals surface area contributed by atoms with Gasteiger partial charge in [0.1, 0.15) is 0 Å². The van der Waals surface area contributed by atoms with Gasteiger partial charge < -0.3 is 14.2 Å². The minimum absolute atomic E-state index is 0.365. The Morgan fingerprint density at radius 3 is 1.87 bits per heavy atom. The first-order valence-corrected chi connectivity index (χ1v) is 4.45. The molecule has 0 radical (unpaired) electrons. The number of ketones is 1. The molecule has 0 N–H and O–H groups in total. The molecule has 0 amide bonds. The van der Waals surface area contributed by atoms with Crippen molar-refractivity contribution in [2.75, 3.05) is 21.3 Å². The lowest BCUT2D eigenvalue weighted by molar-refractivity contribution is -0.312. The summed E-state index contributed by atoms with van der Waals surface area (Å²) in [4.78, 5) is 12.0. The Morgan fingerprint density at radius 1 is 1.00 bits per heavy atom. The van der Waals surface area contributed by atoms with Crippen molar-refractivity contribution < 1.29 is 19.0 Å². The largest absolute Gasteiger partial charge is 0.350 e. The molecule has 4 nitrogen and oxygen atoms in total. The van der Waals surface area contributed by atoms with Gasteiger partial charge in [-0.1, -0.05) is 30.3 Å². The Labute approximate surface area is 88.8 Å². The zero-order valence-corrected chi connectivity index (χ0v) is 9.02. The molecule has 0 spiro atoms. The molecule has 0 heterocycles. The monoisotopic (exact) mass is 210 g/mol. The summed E-state index contributed by atoms with van der Waals surface area (Å²) in [6, 6.07) is 8.70. The Kier molecular flexibility index (Phi) is 3.96. The van der Waals surface area contributed by atoms with Gasteiger partial charge in [-0.25, -0.2) is 0 Å². The van der Waals surface area contributed by atoms with Crippen molar-refractivity contribution in [3.05, 3.63) is 35.9 Å². The predicted octanol–water partition coefficient (Wildman–Crippen LogP) is 1.46. The number of methoxy groups -OCH3 is 3. The molecule has 0 fully saturated rings. The van der Waals surface area contributed by atoms with Crippen LogP contribution in [0.5, 0.6) is 0 Å². The SMILES string of the molecule is COC(OC)(OC)C(=O)c1ccccc1. The Hall–Kier alpha value is -1.23. The van der Waals surface area contributed by atoms with Gasteiger partial charge in [0.05, 0.1) is 0 Å². The van der Waals surface area contributed by atoms with Gasteiger partial charge in [-0.2, -0.15) is 0 Å². The second-order valence-corrected chi connectivity index (χ2v) is 2.86. The molecule has 0 aliphatic heterocycles. The van der Waals surface area contributed by atoms with E-state index >= 15 is 0 Å². The molecule has 0 unspecified atom stereocenters. The van der Waals surface area contributed by atoms with Crippen LogP contribution in [0.25, 0.3) is 0 Å². The van der Waals surface area contributed by atoms with E-state index in [2.05, 4.69) is 0 Å². The molecule has 4 heteroatoms. The average molecular weight is 210 g/mol. The first-order valence-electron chi connectivity index (χ1n) is 4.45. The highest BCUT2D eigenvalue weighted by Gasteiger charge is 2.40. The molecule has 15 heavy (non-hydrogen) atoms. The van der Waals surface area contributed by atoms with Crippen LogP contribution in [-0.4, -0.2) is 33.1 Å². The zero-order valence-electron chi connectivity index (χ0n) is 9.02. The highest BCUT2D eigenvalue weighted by Crippen LogP contribution is 2.18. The number of carbonyl (C=O) groups excluding carboxylic acids is 1. The predicted molar refractivity (Wildman–Crippen MR) is 54.5 cm³/mol. The van der Waals surface area contributed by atoms with Crippen LogP contribution in [0.15, 0.2) is 30.3 Å². The number of Topliss-reactive ketones (excluding diaryl/α,β-unsaturated/α-hetero) is 1. The van der Waals surface area contributed by atoms with E-state index in [-0.39, 0.29) is 5.78 Å². The third-order valence-corrected chi connectivity index (χ3v) is 2.12. The van der Waals surface area contributed by atoms with Crippen molar-refractivity contribution in [3.63, 3.8) is 0 Å². The van der Waals surface area contributed by atoms with E-state index < -0.39 is 5.97 Å². The summed E-state index contributed by atoms with van der Waals surface area (Å²) in [6.07, 6.45) is 0. The molecule has 0 atom stereocenters. The maximum absolute atomic E-state index is 12.0. The molecular weight excluding hydrogens is 196 g/mol. The van der Waals surface area contributed by atoms with Gasteiger partial charge in [0.15, 0.2) is 0 Å². The number of benzene rings is 1. The van der Waals surface area contributed by atoms with E-state index in [9.17, 15) is 4.79 Å². The maximum atomic E-state index is 12.0. The van der Waals surface area contributed by atoms with Gasteiger partial charge in [0.25, 0.3) is 5.78 Å². The fraction of sp³-hybridized carbons (Fsp3) is 0.364. The summed E-state index contributed by atoms with van der Waals surface area (Å²) in [6.45, 7) is 0. The fourth-order valence-corrected chi connectivity index (χ4v) is 1.29. The summed E-state index contributed by atoms with van der Waals surface area (Å²) in [5.41, 5.74) is 0.475. The van der Waals surface area contributed by atoms with E-state index in [1.807, 2.05) is 6.07 Å². The molecule has 0 aromatic heterocycles. The van der Waals surface area contributed by atoms with Crippen molar-refractivity contribution in [2.45, 2.75) is 5.97 Å². The number of carbonyl (C=O) groups is 1. The fourth-order valence-electron chi connectivity index (χ4n) is 1.29. The summed E-state index contributed by atoms with van der Waals surface area (Å²) < 4.78 is 14.9. The van der Waals surface area contributed by atoms with E-state index in [0.717, 1.165) is 0 Å². The minimum Gasteiger partial charge on any atom is -0.324 e. The van der Waals surface area contributed by atoms with Crippen LogP contribution in [0.3, 0.4) is 0 Å². The third kappa shape index (κ3) is 2.23. The lowest BCUT2D eigenvalue weighted by atomic mass is 10.1. The summed E-state index contributed by atoms with van der Waals surface area (Å²) in [5, 5.41) is 0. The average Bonchev–Trinajstić information content (AvgIpc) is 2.33. The zero-order chi connectivity index (χ0) is 11.3. The van der Waals surface area contributed by atoms with Crippen LogP contribution in [0, 0.1) is 0 Å².